The van der Waals surface area contributed by atoms with Crippen molar-refractivity contribution in [2.24, 2.45) is 11.7 Å². The Morgan fingerprint density at radius 3 is 2.85 bits per heavy atom. The fraction of sp³-hybridized carbons (Fsp3) is 0.667. The third-order valence-corrected chi connectivity index (χ3v) is 3.91. The normalized spacial score (nSPS) is 26.9. The molecule has 0 spiro atoms. The number of hydrogen-bond donors (Lipinski definition) is 2. The minimum Gasteiger partial charge on any atom is -0.480 e. The molecule has 0 saturated heterocycles. The molecule has 3 N–H and O–H groups in total. The van der Waals surface area contributed by atoms with Crippen LogP contribution in [0.4, 0.5) is 13.2 Å². The number of aliphatic carboxylic acids is 1. The van der Waals surface area contributed by atoms with Gasteiger partial charge < -0.3 is 10.8 Å². The summed E-state index contributed by atoms with van der Waals surface area (Å²) in [6.07, 6.45) is -1.01. The number of aryl methyl sites for hydroxylation is 1. The van der Waals surface area contributed by atoms with E-state index in [4.69, 9.17) is 10.8 Å². The lowest BCUT2D eigenvalue weighted by Crippen LogP contribution is -2.51. The Morgan fingerprint density at radius 1 is 1.60 bits per heavy atom. The maximum absolute atomic E-state index is 12.4. The second kappa shape index (κ2) is 5.08. The van der Waals surface area contributed by atoms with E-state index in [0.29, 0.717) is 19.3 Å². The smallest absolute Gasteiger partial charge is 0.435 e. The molecule has 0 aromatic carbocycles. The van der Waals surface area contributed by atoms with Crippen molar-refractivity contribution >= 4 is 5.97 Å². The first-order chi connectivity index (χ1) is 9.23. The Morgan fingerprint density at radius 2 is 2.30 bits per heavy atom. The van der Waals surface area contributed by atoms with E-state index in [0.717, 1.165) is 12.5 Å². The van der Waals surface area contributed by atoms with Crippen LogP contribution >= 0.6 is 0 Å². The van der Waals surface area contributed by atoms with Crippen molar-refractivity contribution in [2.45, 2.75) is 43.9 Å². The number of carboxylic acids is 1. The van der Waals surface area contributed by atoms with Crippen LogP contribution in [0.15, 0.2) is 12.3 Å². The summed E-state index contributed by atoms with van der Waals surface area (Å²) in [5.41, 5.74) is 3.67. The third kappa shape index (κ3) is 2.79. The molecule has 2 rings (SSSR count). The number of carboxylic acid groups (broad SMARTS) is 1. The summed E-state index contributed by atoms with van der Waals surface area (Å²) in [5.74, 6) is -1.28. The highest BCUT2D eigenvalue weighted by Crippen LogP contribution is 2.36. The van der Waals surface area contributed by atoms with E-state index in [9.17, 15) is 18.0 Å². The summed E-state index contributed by atoms with van der Waals surface area (Å²) in [5, 5.41) is 12.6. The van der Waals surface area contributed by atoms with Crippen LogP contribution in [0.1, 0.15) is 31.4 Å². The Hall–Kier alpha value is -1.57. The lowest BCUT2D eigenvalue weighted by molar-refractivity contribution is -0.145. The molecule has 2 atom stereocenters. The van der Waals surface area contributed by atoms with Crippen molar-refractivity contribution < 1.29 is 23.1 Å². The molecule has 1 aliphatic rings. The minimum absolute atomic E-state index is 0.229. The van der Waals surface area contributed by atoms with E-state index in [1.54, 1.807) is 0 Å². The second-order valence-electron chi connectivity index (χ2n) is 5.19. The quantitative estimate of drug-likeness (QED) is 0.887. The van der Waals surface area contributed by atoms with Crippen LogP contribution in [0.5, 0.6) is 0 Å². The molecule has 2 unspecified atom stereocenters. The topological polar surface area (TPSA) is 81.1 Å². The van der Waals surface area contributed by atoms with E-state index in [1.807, 2.05) is 0 Å². The first-order valence-corrected chi connectivity index (χ1v) is 6.36. The van der Waals surface area contributed by atoms with Gasteiger partial charge in [-0.3, -0.25) is 9.48 Å². The molecule has 1 aromatic heterocycles. The van der Waals surface area contributed by atoms with Gasteiger partial charge in [0.1, 0.15) is 5.54 Å². The van der Waals surface area contributed by atoms with Crippen molar-refractivity contribution in [3.05, 3.63) is 18.0 Å². The molecule has 1 aromatic rings. The number of rotatable bonds is 4. The van der Waals surface area contributed by atoms with E-state index < -0.39 is 23.4 Å². The zero-order valence-corrected chi connectivity index (χ0v) is 10.7. The van der Waals surface area contributed by atoms with Crippen molar-refractivity contribution in [3.63, 3.8) is 0 Å². The summed E-state index contributed by atoms with van der Waals surface area (Å²) in [4.78, 5) is 11.2. The molecule has 1 saturated carbocycles. The summed E-state index contributed by atoms with van der Waals surface area (Å²) >= 11 is 0. The van der Waals surface area contributed by atoms with Gasteiger partial charge in [-0.2, -0.15) is 18.3 Å². The highest BCUT2D eigenvalue weighted by atomic mass is 19.4. The van der Waals surface area contributed by atoms with Crippen molar-refractivity contribution in [1.82, 2.24) is 9.78 Å². The highest BCUT2D eigenvalue weighted by molar-refractivity contribution is 5.79. The molecule has 112 valence electrons. The summed E-state index contributed by atoms with van der Waals surface area (Å²) in [6, 6.07) is 0.904. The fourth-order valence-corrected chi connectivity index (χ4v) is 2.71. The minimum atomic E-state index is -4.46. The van der Waals surface area contributed by atoms with Crippen LogP contribution in [0.25, 0.3) is 0 Å². The maximum Gasteiger partial charge on any atom is 0.435 e. The van der Waals surface area contributed by atoms with Gasteiger partial charge in [-0.1, -0.05) is 6.42 Å². The molecule has 20 heavy (non-hydrogen) atoms. The number of nitrogens with two attached hydrogens (primary N) is 1. The number of nitrogens with zero attached hydrogens (tertiary/aromatic N) is 2. The average Bonchev–Trinajstić information content (AvgIpc) is 2.93. The summed E-state index contributed by atoms with van der Waals surface area (Å²) in [6.45, 7) is 0.229. The highest BCUT2D eigenvalue weighted by Gasteiger charge is 2.45. The van der Waals surface area contributed by atoms with Gasteiger partial charge in [0.2, 0.25) is 0 Å². The molecule has 0 radical (unpaired) electrons. The monoisotopic (exact) mass is 291 g/mol. The zero-order valence-electron chi connectivity index (χ0n) is 10.7. The molecule has 0 bridgehead atoms. The van der Waals surface area contributed by atoms with E-state index in [2.05, 4.69) is 5.10 Å². The first kappa shape index (κ1) is 14.8. The van der Waals surface area contributed by atoms with Crippen molar-refractivity contribution in [3.8, 4) is 0 Å². The average molecular weight is 291 g/mol. The van der Waals surface area contributed by atoms with Crippen LogP contribution in [0, 0.1) is 5.92 Å². The first-order valence-electron chi connectivity index (χ1n) is 6.36. The second-order valence-corrected chi connectivity index (χ2v) is 5.19. The number of carbonyl (C=O) groups is 1. The maximum atomic E-state index is 12.4. The molecular formula is C12H16F3N3O2. The van der Waals surface area contributed by atoms with Gasteiger partial charge in [0.05, 0.1) is 0 Å². The lowest BCUT2D eigenvalue weighted by atomic mass is 9.86. The summed E-state index contributed by atoms with van der Waals surface area (Å²) in [7, 11) is 0. The van der Waals surface area contributed by atoms with Gasteiger partial charge in [0.25, 0.3) is 0 Å². The van der Waals surface area contributed by atoms with Gasteiger partial charge in [-0.05, 0) is 31.2 Å². The molecule has 1 heterocycles. The fourth-order valence-electron chi connectivity index (χ4n) is 2.71. The van der Waals surface area contributed by atoms with Crippen LogP contribution < -0.4 is 5.73 Å². The largest absolute Gasteiger partial charge is 0.480 e. The van der Waals surface area contributed by atoms with Crippen LogP contribution in [-0.2, 0) is 17.5 Å². The number of hydrogen-bond acceptors (Lipinski definition) is 3. The van der Waals surface area contributed by atoms with Gasteiger partial charge in [0, 0.05) is 12.7 Å². The van der Waals surface area contributed by atoms with Gasteiger partial charge in [-0.25, -0.2) is 0 Å². The van der Waals surface area contributed by atoms with E-state index in [-0.39, 0.29) is 12.5 Å². The van der Waals surface area contributed by atoms with Crippen LogP contribution in [-0.4, -0.2) is 26.4 Å². The van der Waals surface area contributed by atoms with Crippen molar-refractivity contribution in [1.29, 1.82) is 0 Å². The molecule has 0 aliphatic heterocycles. The van der Waals surface area contributed by atoms with Gasteiger partial charge >= 0.3 is 12.1 Å². The molecule has 0 amide bonds. The number of alkyl halides is 3. The molecule has 1 aliphatic carbocycles. The third-order valence-electron chi connectivity index (χ3n) is 3.91. The van der Waals surface area contributed by atoms with Crippen LogP contribution in [0.2, 0.25) is 0 Å². The van der Waals surface area contributed by atoms with Crippen molar-refractivity contribution in [2.75, 3.05) is 0 Å². The van der Waals surface area contributed by atoms with Gasteiger partial charge in [0.15, 0.2) is 5.69 Å². The van der Waals surface area contributed by atoms with Gasteiger partial charge in [-0.15, -0.1) is 0 Å². The predicted molar refractivity (Wildman–Crippen MR) is 63.7 cm³/mol. The van der Waals surface area contributed by atoms with E-state index >= 15 is 0 Å². The standard InChI is InChI=1S/C12H16F3N3O2/c13-12(14,15)9-4-7-18(17-9)6-3-8-2-1-5-11(8,16)10(19)20/h4,7-8H,1-3,5-6,16H2,(H,19,20). The molecule has 5 nitrogen and oxygen atoms in total. The molecular weight excluding hydrogens is 275 g/mol. The Kier molecular flexibility index (Phi) is 3.77. The van der Waals surface area contributed by atoms with Crippen LogP contribution in [0.3, 0.4) is 0 Å². The summed E-state index contributed by atoms with van der Waals surface area (Å²) < 4.78 is 38.4. The van der Waals surface area contributed by atoms with E-state index in [1.165, 1.54) is 10.9 Å². The Balaban J connectivity index is 1.99. The number of aromatic nitrogens is 2. The molecule has 1 fully saturated rings. The lowest BCUT2D eigenvalue weighted by Gasteiger charge is -2.26. The Labute approximate surface area is 113 Å². The number of halogens is 3. The SMILES string of the molecule is NC1(C(=O)O)CCCC1CCn1ccc(C(F)(F)F)n1. The predicted octanol–water partition coefficient (Wildman–Crippen LogP) is 1.87. The molecule has 8 heteroatoms. The zero-order chi connectivity index (χ0) is 15.0. The Bertz CT molecular complexity index is 500.